The van der Waals surface area contributed by atoms with Gasteiger partial charge in [0.25, 0.3) is 0 Å². The summed E-state index contributed by atoms with van der Waals surface area (Å²) in [6.07, 6.45) is 3.69. The van der Waals surface area contributed by atoms with Crippen molar-refractivity contribution in [3.8, 4) is 11.5 Å². The van der Waals surface area contributed by atoms with Crippen LogP contribution in [0.25, 0.3) is 0 Å². The fourth-order valence-corrected chi connectivity index (χ4v) is 3.40. The highest BCUT2D eigenvalue weighted by Gasteiger charge is 2.29. The van der Waals surface area contributed by atoms with Crippen molar-refractivity contribution in [3.63, 3.8) is 0 Å². The molecule has 3 rings (SSSR count). The van der Waals surface area contributed by atoms with Gasteiger partial charge in [0.1, 0.15) is 0 Å². The fraction of sp³-hybridized carbons (Fsp3) is 0.421. The van der Waals surface area contributed by atoms with Crippen molar-refractivity contribution in [1.82, 2.24) is 4.90 Å². The van der Waals surface area contributed by atoms with Crippen LogP contribution in [0.15, 0.2) is 34.9 Å². The van der Waals surface area contributed by atoms with E-state index in [-0.39, 0.29) is 11.8 Å². The van der Waals surface area contributed by atoms with Crippen LogP contribution in [-0.4, -0.2) is 38.7 Å². The molecule has 1 aliphatic rings. The molecular weight excluding hydrogens is 322 g/mol. The van der Waals surface area contributed by atoms with Gasteiger partial charge in [-0.3, -0.25) is 4.90 Å². The number of ether oxygens (including phenoxy) is 3. The van der Waals surface area contributed by atoms with Gasteiger partial charge in [0.15, 0.2) is 11.5 Å². The number of hydrogen-bond donors (Lipinski definition) is 0. The van der Waals surface area contributed by atoms with Crippen molar-refractivity contribution in [2.24, 2.45) is 0 Å². The monoisotopic (exact) mass is 345 g/mol. The fourth-order valence-electron chi connectivity index (χ4n) is 3.40. The average Bonchev–Trinajstić information content (AvgIpc) is 3.30. The number of methoxy groups -OCH3 is 3. The lowest BCUT2D eigenvalue weighted by molar-refractivity contribution is 0.0561. The second-order valence-corrected chi connectivity index (χ2v) is 6.01. The van der Waals surface area contributed by atoms with Crippen molar-refractivity contribution < 1.29 is 23.4 Å². The van der Waals surface area contributed by atoms with E-state index < -0.39 is 5.97 Å². The molecule has 1 atom stereocenters. The van der Waals surface area contributed by atoms with Crippen LogP contribution in [0.3, 0.4) is 0 Å². The zero-order chi connectivity index (χ0) is 17.8. The molecule has 1 aromatic carbocycles. The highest BCUT2D eigenvalue weighted by atomic mass is 16.5. The number of rotatable bonds is 6. The van der Waals surface area contributed by atoms with Crippen LogP contribution in [0, 0.1) is 0 Å². The van der Waals surface area contributed by atoms with E-state index in [0.29, 0.717) is 6.54 Å². The predicted octanol–water partition coefficient (Wildman–Crippen LogP) is 3.42. The van der Waals surface area contributed by atoms with Crippen LogP contribution in [0.4, 0.5) is 0 Å². The molecule has 1 fully saturated rings. The van der Waals surface area contributed by atoms with Crippen molar-refractivity contribution in [1.29, 1.82) is 0 Å². The minimum atomic E-state index is -0.443. The zero-order valence-electron chi connectivity index (χ0n) is 14.8. The minimum absolute atomic E-state index is 0.264. The van der Waals surface area contributed by atoms with Gasteiger partial charge in [0.2, 0.25) is 5.76 Å². The van der Waals surface area contributed by atoms with E-state index in [1.165, 1.54) is 18.9 Å². The molecule has 0 radical (unpaired) electrons. The third-order valence-corrected chi connectivity index (χ3v) is 4.65. The number of carbonyl (C=O) groups excluding carboxylic acids is 1. The summed E-state index contributed by atoms with van der Waals surface area (Å²) in [5.41, 5.74) is 2.03. The van der Waals surface area contributed by atoms with Crippen molar-refractivity contribution >= 4 is 5.97 Å². The van der Waals surface area contributed by atoms with E-state index in [4.69, 9.17) is 18.6 Å². The molecule has 2 aromatic rings. The lowest BCUT2D eigenvalue weighted by atomic mass is 10.0. The summed E-state index contributed by atoms with van der Waals surface area (Å²) in [6, 6.07) is 8.12. The molecule has 0 bridgehead atoms. The topological polar surface area (TPSA) is 61.1 Å². The van der Waals surface area contributed by atoms with E-state index in [2.05, 4.69) is 11.0 Å². The maximum absolute atomic E-state index is 11.8. The van der Waals surface area contributed by atoms with Gasteiger partial charge in [0.05, 0.1) is 27.6 Å². The number of carbonyl (C=O) groups is 1. The molecular formula is C19H23NO5. The molecule has 1 saturated heterocycles. The maximum atomic E-state index is 11.8. The number of nitrogens with zero attached hydrogens (tertiary/aromatic N) is 1. The van der Waals surface area contributed by atoms with Gasteiger partial charge in [-0.05, 0) is 43.1 Å². The Kier molecular flexibility index (Phi) is 5.28. The van der Waals surface area contributed by atoms with Gasteiger partial charge in [0, 0.05) is 18.2 Å². The second-order valence-electron chi connectivity index (χ2n) is 6.01. The highest BCUT2D eigenvalue weighted by Crippen LogP contribution is 2.37. The highest BCUT2D eigenvalue weighted by molar-refractivity contribution is 5.87. The molecule has 6 heteroatoms. The Morgan fingerprint density at radius 3 is 2.72 bits per heavy atom. The Balaban J connectivity index is 1.82. The minimum Gasteiger partial charge on any atom is -0.493 e. The Bertz CT molecular complexity index is 739. The molecule has 134 valence electrons. The lowest BCUT2D eigenvalue weighted by Gasteiger charge is -2.25. The summed E-state index contributed by atoms with van der Waals surface area (Å²) in [4.78, 5) is 14.2. The molecule has 0 saturated carbocycles. The van der Waals surface area contributed by atoms with Gasteiger partial charge < -0.3 is 18.6 Å². The van der Waals surface area contributed by atoms with Crippen LogP contribution < -0.4 is 9.47 Å². The lowest BCUT2D eigenvalue weighted by Crippen LogP contribution is -2.23. The first-order valence-corrected chi connectivity index (χ1v) is 8.28. The normalized spacial score (nSPS) is 17.5. The average molecular weight is 345 g/mol. The SMILES string of the molecule is COC(=O)c1occc1CN1CCCC1c1ccc(OC)c(OC)c1. The first-order chi connectivity index (χ1) is 12.2. The summed E-state index contributed by atoms with van der Waals surface area (Å²) < 4.78 is 20.8. The molecule has 0 amide bonds. The maximum Gasteiger partial charge on any atom is 0.374 e. The van der Waals surface area contributed by atoms with Gasteiger partial charge in [-0.1, -0.05) is 6.07 Å². The summed E-state index contributed by atoms with van der Waals surface area (Å²) in [5.74, 6) is 1.28. The Hall–Kier alpha value is -2.47. The van der Waals surface area contributed by atoms with E-state index >= 15 is 0 Å². The largest absolute Gasteiger partial charge is 0.493 e. The van der Waals surface area contributed by atoms with Crippen LogP contribution in [0.1, 0.15) is 40.6 Å². The molecule has 25 heavy (non-hydrogen) atoms. The quantitative estimate of drug-likeness (QED) is 0.748. The van der Waals surface area contributed by atoms with E-state index in [0.717, 1.165) is 36.4 Å². The smallest absolute Gasteiger partial charge is 0.374 e. The molecule has 6 nitrogen and oxygen atoms in total. The van der Waals surface area contributed by atoms with E-state index in [1.807, 2.05) is 18.2 Å². The molecule has 0 spiro atoms. The summed E-state index contributed by atoms with van der Waals surface area (Å²) in [5, 5.41) is 0. The third kappa shape index (κ3) is 3.49. The van der Waals surface area contributed by atoms with Gasteiger partial charge >= 0.3 is 5.97 Å². The Morgan fingerprint density at radius 1 is 1.20 bits per heavy atom. The number of likely N-dealkylation sites (tertiary alicyclic amines) is 1. The van der Waals surface area contributed by atoms with Crippen LogP contribution in [-0.2, 0) is 11.3 Å². The predicted molar refractivity (Wildman–Crippen MR) is 92.0 cm³/mol. The molecule has 1 unspecified atom stereocenters. The van der Waals surface area contributed by atoms with Gasteiger partial charge in [-0.15, -0.1) is 0 Å². The second kappa shape index (κ2) is 7.61. The van der Waals surface area contributed by atoms with Crippen molar-refractivity contribution in [2.75, 3.05) is 27.9 Å². The van der Waals surface area contributed by atoms with Crippen molar-refractivity contribution in [2.45, 2.75) is 25.4 Å². The standard InChI is InChI=1S/C19H23NO5/c1-22-16-7-6-13(11-17(16)23-2)15-5-4-9-20(15)12-14-8-10-25-18(14)19(21)24-3/h6-8,10-11,15H,4-5,9,12H2,1-3H3. The van der Waals surface area contributed by atoms with Gasteiger partial charge in [-0.25, -0.2) is 4.79 Å². The van der Waals surface area contributed by atoms with Crippen molar-refractivity contribution in [3.05, 3.63) is 47.4 Å². The zero-order valence-corrected chi connectivity index (χ0v) is 14.8. The van der Waals surface area contributed by atoms with E-state index in [1.54, 1.807) is 14.2 Å². The number of furan rings is 1. The van der Waals surface area contributed by atoms with Crippen LogP contribution in [0.5, 0.6) is 11.5 Å². The van der Waals surface area contributed by atoms with Crippen LogP contribution >= 0.6 is 0 Å². The number of benzene rings is 1. The molecule has 2 heterocycles. The first-order valence-electron chi connectivity index (χ1n) is 8.28. The van der Waals surface area contributed by atoms with Gasteiger partial charge in [-0.2, -0.15) is 0 Å². The molecule has 1 aliphatic heterocycles. The third-order valence-electron chi connectivity index (χ3n) is 4.65. The molecule has 0 N–H and O–H groups in total. The Labute approximate surface area is 147 Å². The van der Waals surface area contributed by atoms with Crippen LogP contribution in [0.2, 0.25) is 0 Å². The Morgan fingerprint density at radius 2 is 2.00 bits per heavy atom. The molecule has 1 aromatic heterocycles. The van der Waals surface area contributed by atoms with E-state index in [9.17, 15) is 4.79 Å². The first kappa shape index (κ1) is 17.4. The summed E-state index contributed by atoms with van der Waals surface area (Å²) in [6.45, 7) is 1.60. The summed E-state index contributed by atoms with van der Waals surface area (Å²) in [7, 11) is 4.63. The summed E-state index contributed by atoms with van der Waals surface area (Å²) >= 11 is 0. The number of esters is 1. The number of hydrogen-bond acceptors (Lipinski definition) is 6. The molecule has 0 aliphatic carbocycles.